The van der Waals surface area contributed by atoms with Crippen molar-refractivity contribution >= 4 is 26.2 Å². The smallest absolute Gasteiger partial charge is 0.221 e. The highest BCUT2D eigenvalue weighted by molar-refractivity contribution is 7.96. The minimum Gasteiger partial charge on any atom is -0.348 e. The van der Waals surface area contributed by atoms with Crippen molar-refractivity contribution in [2.45, 2.75) is 18.7 Å². The molecule has 0 saturated carbocycles. The zero-order valence-electron chi connectivity index (χ0n) is 8.16. The molecule has 4 nitrogen and oxygen atoms in total. The largest absolute Gasteiger partial charge is 0.348 e. The fraction of sp³-hybridized carbons (Fsp3) is 0.222. The minimum atomic E-state index is -3.60. The lowest BCUT2D eigenvalue weighted by Gasteiger charge is -2.16. The Hall–Kier alpha value is -1.32. The first-order valence-corrected chi connectivity index (χ1v) is 6.56. The van der Waals surface area contributed by atoms with E-state index in [1.54, 1.807) is 25.3 Å². The van der Waals surface area contributed by atoms with Crippen molar-refractivity contribution in [3.05, 3.63) is 21.5 Å². The van der Waals surface area contributed by atoms with Gasteiger partial charge in [0.05, 0.1) is 0 Å². The molecule has 15 heavy (non-hydrogen) atoms. The molecule has 0 spiro atoms. The molecule has 0 aliphatic carbocycles. The molecule has 1 aliphatic rings. The zero-order chi connectivity index (χ0) is 11.2. The first kappa shape index (κ1) is 10.2. The summed E-state index contributed by atoms with van der Waals surface area (Å²) >= 11 is 1.34. The lowest BCUT2D eigenvalue weighted by atomic mass is 10.3. The van der Waals surface area contributed by atoms with E-state index in [0.717, 1.165) is 0 Å². The van der Waals surface area contributed by atoms with Gasteiger partial charge in [0.25, 0.3) is 0 Å². The first-order valence-electron chi connectivity index (χ1n) is 4.19. The number of sulfone groups is 1. The van der Waals surface area contributed by atoms with Crippen LogP contribution < -0.4 is 5.32 Å². The van der Waals surface area contributed by atoms with Gasteiger partial charge in [0.1, 0.15) is 16.0 Å². The summed E-state index contributed by atoms with van der Waals surface area (Å²) in [6.07, 6.45) is 0. The van der Waals surface area contributed by atoms with Gasteiger partial charge in [-0.25, -0.2) is 8.42 Å². The number of hydrogen-bond donors (Lipinski definition) is 1. The number of thiophene rings is 1. The normalized spacial score (nSPS) is 17.9. The van der Waals surface area contributed by atoms with Gasteiger partial charge < -0.3 is 5.32 Å². The van der Waals surface area contributed by atoms with Crippen LogP contribution in [0.2, 0.25) is 0 Å². The second-order valence-corrected chi connectivity index (χ2v) is 5.97. The molecule has 0 saturated heterocycles. The predicted molar refractivity (Wildman–Crippen MR) is 58.2 cm³/mol. The lowest BCUT2D eigenvalue weighted by Crippen LogP contribution is -2.16. The average molecular weight is 240 g/mol. The number of hydrogen-bond acceptors (Lipinski definition) is 5. The Bertz CT molecular complexity index is 603. The van der Waals surface area contributed by atoms with Crippen LogP contribution >= 0.6 is 11.3 Å². The van der Waals surface area contributed by atoms with Crippen LogP contribution in [0.25, 0.3) is 0 Å². The first-order chi connectivity index (χ1) is 6.98. The third-order valence-corrected chi connectivity index (χ3v) is 5.34. The van der Waals surface area contributed by atoms with Crippen LogP contribution in [0.15, 0.2) is 20.9 Å². The van der Waals surface area contributed by atoms with Crippen LogP contribution in [0.3, 0.4) is 0 Å². The summed E-state index contributed by atoms with van der Waals surface area (Å²) in [6.45, 7) is 3.32. The molecule has 2 rings (SSSR count). The predicted octanol–water partition coefficient (Wildman–Crippen LogP) is 2.01. The highest BCUT2D eigenvalue weighted by Crippen LogP contribution is 2.40. The fourth-order valence-corrected chi connectivity index (χ4v) is 4.53. The molecule has 0 aromatic carbocycles. The van der Waals surface area contributed by atoms with Gasteiger partial charge in [0, 0.05) is 5.70 Å². The van der Waals surface area contributed by atoms with Crippen molar-refractivity contribution in [2.24, 2.45) is 0 Å². The standard InChI is InChI=1S/C9H8N2O2S2/c1-5-4-14-9-8(5)15(12,13)7(3-10)6(2)11-9/h4,11H,1-2H3. The number of anilines is 1. The Balaban J connectivity index is 2.82. The highest BCUT2D eigenvalue weighted by Gasteiger charge is 2.33. The molecule has 0 unspecified atom stereocenters. The average Bonchev–Trinajstić information content (AvgIpc) is 2.47. The Morgan fingerprint density at radius 3 is 2.73 bits per heavy atom. The number of fused-ring (bicyclic) bond motifs is 1. The maximum Gasteiger partial charge on any atom is 0.221 e. The van der Waals surface area contributed by atoms with E-state index >= 15 is 0 Å². The topological polar surface area (TPSA) is 70.0 Å². The van der Waals surface area contributed by atoms with E-state index in [1.807, 2.05) is 0 Å². The van der Waals surface area contributed by atoms with Gasteiger partial charge in [-0.15, -0.1) is 11.3 Å². The molecule has 1 aliphatic heterocycles. The molecule has 0 atom stereocenters. The van der Waals surface area contributed by atoms with E-state index in [4.69, 9.17) is 5.26 Å². The summed E-state index contributed by atoms with van der Waals surface area (Å²) in [5, 5.41) is 14.1. The highest BCUT2D eigenvalue weighted by atomic mass is 32.2. The molecule has 6 heteroatoms. The SMILES string of the molecule is CC1=C(C#N)S(=O)(=O)c2c(C)csc2N1. The van der Waals surface area contributed by atoms with Gasteiger partial charge in [0.2, 0.25) is 9.84 Å². The van der Waals surface area contributed by atoms with E-state index in [0.29, 0.717) is 16.3 Å². The number of allylic oxidation sites excluding steroid dienone is 2. The Kier molecular flexibility index (Phi) is 2.10. The Morgan fingerprint density at radius 1 is 1.47 bits per heavy atom. The van der Waals surface area contributed by atoms with Gasteiger partial charge in [-0.1, -0.05) is 0 Å². The zero-order valence-corrected chi connectivity index (χ0v) is 9.79. The van der Waals surface area contributed by atoms with Crippen molar-refractivity contribution in [3.63, 3.8) is 0 Å². The van der Waals surface area contributed by atoms with Crippen LogP contribution in [0.1, 0.15) is 12.5 Å². The molecule has 0 amide bonds. The summed E-state index contributed by atoms with van der Waals surface area (Å²) in [7, 11) is -3.60. The molecule has 0 radical (unpaired) electrons. The number of aryl methyl sites for hydroxylation is 1. The third-order valence-electron chi connectivity index (χ3n) is 2.20. The molecule has 1 N–H and O–H groups in total. The molecule has 0 bridgehead atoms. The summed E-state index contributed by atoms with van der Waals surface area (Å²) < 4.78 is 24.0. The van der Waals surface area contributed by atoms with E-state index in [2.05, 4.69) is 5.32 Å². The van der Waals surface area contributed by atoms with Gasteiger partial charge >= 0.3 is 0 Å². The number of nitrogens with one attached hydrogen (secondary N) is 1. The summed E-state index contributed by atoms with van der Waals surface area (Å²) in [5.74, 6) is 0. The monoisotopic (exact) mass is 240 g/mol. The molecular weight excluding hydrogens is 232 g/mol. The van der Waals surface area contributed by atoms with Crippen molar-refractivity contribution < 1.29 is 8.42 Å². The molecule has 1 aromatic rings. The van der Waals surface area contributed by atoms with Gasteiger partial charge in [0.15, 0.2) is 4.91 Å². The second kappa shape index (κ2) is 3.08. The van der Waals surface area contributed by atoms with E-state index in [-0.39, 0.29) is 9.80 Å². The third kappa shape index (κ3) is 1.28. The van der Waals surface area contributed by atoms with Crippen molar-refractivity contribution in [1.29, 1.82) is 5.26 Å². The summed E-state index contributed by atoms with van der Waals surface area (Å²) in [5.41, 5.74) is 1.08. The molecule has 78 valence electrons. The van der Waals surface area contributed by atoms with Crippen molar-refractivity contribution in [2.75, 3.05) is 5.32 Å². The number of nitriles is 1. The van der Waals surface area contributed by atoms with Crippen molar-refractivity contribution in [3.8, 4) is 6.07 Å². The van der Waals surface area contributed by atoms with E-state index in [9.17, 15) is 8.42 Å². The van der Waals surface area contributed by atoms with Crippen LogP contribution in [0.5, 0.6) is 0 Å². The van der Waals surface area contributed by atoms with Crippen LogP contribution in [0, 0.1) is 18.3 Å². The van der Waals surface area contributed by atoms with E-state index < -0.39 is 9.84 Å². The fourth-order valence-electron chi connectivity index (χ4n) is 1.53. The number of nitrogens with zero attached hydrogens (tertiary/aromatic N) is 1. The molecular formula is C9H8N2O2S2. The van der Waals surface area contributed by atoms with Crippen LogP contribution in [-0.4, -0.2) is 8.42 Å². The Morgan fingerprint density at radius 2 is 2.13 bits per heavy atom. The molecule has 1 aromatic heterocycles. The lowest BCUT2D eigenvalue weighted by molar-refractivity contribution is 0.602. The second-order valence-electron chi connectivity index (χ2n) is 3.27. The van der Waals surface area contributed by atoms with E-state index in [1.165, 1.54) is 11.3 Å². The summed E-state index contributed by atoms with van der Waals surface area (Å²) in [4.78, 5) is 0.0613. The van der Waals surface area contributed by atoms with Gasteiger partial charge in [-0.05, 0) is 24.8 Å². The van der Waals surface area contributed by atoms with Crippen LogP contribution in [0.4, 0.5) is 5.00 Å². The molecule has 2 heterocycles. The quantitative estimate of drug-likeness (QED) is 0.753. The maximum absolute atomic E-state index is 12.0. The maximum atomic E-state index is 12.0. The minimum absolute atomic E-state index is 0.184. The Labute approximate surface area is 91.8 Å². The van der Waals surface area contributed by atoms with Crippen molar-refractivity contribution in [1.82, 2.24) is 0 Å². The van der Waals surface area contributed by atoms with Gasteiger partial charge in [-0.3, -0.25) is 0 Å². The van der Waals surface area contributed by atoms with Crippen LogP contribution in [-0.2, 0) is 9.84 Å². The van der Waals surface area contributed by atoms with Gasteiger partial charge in [-0.2, -0.15) is 5.26 Å². The molecule has 0 fully saturated rings. The number of rotatable bonds is 0. The summed E-state index contributed by atoms with van der Waals surface area (Å²) in [6, 6.07) is 1.74.